The average Bonchev–Trinajstić information content (AvgIpc) is 2.83. The second kappa shape index (κ2) is 5.19. The summed E-state index contributed by atoms with van der Waals surface area (Å²) in [4.78, 5) is 5.74. The number of nitrogens with zero attached hydrogens (tertiary/aromatic N) is 1. The molecule has 1 heterocycles. The van der Waals surface area contributed by atoms with Crippen molar-refractivity contribution in [3.05, 3.63) is 60.2 Å². The molecule has 3 heteroatoms. The first kappa shape index (κ1) is 12.5. The number of thiol groups is 1. The van der Waals surface area contributed by atoms with Crippen LogP contribution in [-0.4, -0.2) is 4.98 Å². The van der Waals surface area contributed by atoms with E-state index >= 15 is 0 Å². The predicted octanol–water partition coefficient (Wildman–Crippen LogP) is 5.07. The van der Waals surface area contributed by atoms with Crippen molar-refractivity contribution in [2.24, 2.45) is 0 Å². The molecule has 3 aromatic rings. The van der Waals surface area contributed by atoms with Crippen LogP contribution < -0.4 is 0 Å². The van der Waals surface area contributed by atoms with E-state index in [1.807, 2.05) is 18.2 Å². The molecule has 0 aliphatic heterocycles. The van der Waals surface area contributed by atoms with Crippen molar-refractivity contribution in [1.82, 2.24) is 4.98 Å². The van der Waals surface area contributed by atoms with Gasteiger partial charge in [0.2, 0.25) is 0 Å². The SMILES string of the molecule is Cc1ccc(-c2sc(S)nc2-c2ccccc2)cc1. The van der Waals surface area contributed by atoms with E-state index in [4.69, 9.17) is 0 Å². The third kappa shape index (κ3) is 2.57. The standard InChI is InChI=1S/C16H13NS2/c1-11-7-9-13(10-8-11)15-14(17-16(18)19-15)12-5-3-2-4-6-12/h2-10H,1H3,(H,17,18). The molecule has 0 fully saturated rings. The fraction of sp³-hybridized carbons (Fsp3) is 0.0625. The third-order valence-corrected chi connectivity index (χ3v) is 4.26. The summed E-state index contributed by atoms with van der Waals surface area (Å²) in [6, 6.07) is 18.8. The van der Waals surface area contributed by atoms with E-state index in [1.54, 1.807) is 11.3 Å². The van der Waals surface area contributed by atoms with Crippen molar-refractivity contribution in [2.45, 2.75) is 11.3 Å². The number of aryl methyl sites for hydroxylation is 1. The molecule has 0 N–H and O–H groups in total. The molecule has 3 rings (SSSR count). The summed E-state index contributed by atoms with van der Waals surface area (Å²) >= 11 is 6.02. The third-order valence-electron chi connectivity index (χ3n) is 2.98. The highest BCUT2D eigenvalue weighted by Crippen LogP contribution is 2.37. The van der Waals surface area contributed by atoms with Gasteiger partial charge in [-0.3, -0.25) is 0 Å². The Morgan fingerprint density at radius 1 is 0.895 bits per heavy atom. The van der Waals surface area contributed by atoms with Crippen molar-refractivity contribution >= 4 is 24.0 Å². The first-order chi connectivity index (χ1) is 9.24. The Hall–Kier alpha value is -1.58. The van der Waals surface area contributed by atoms with Gasteiger partial charge in [-0.25, -0.2) is 4.98 Å². The Labute approximate surface area is 122 Å². The summed E-state index contributed by atoms with van der Waals surface area (Å²) in [6.45, 7) is 2.10. The highest BCUT2D eigenvalue weighted by molar-refractivity contribution is 7.82. The van der Waals surface area contributed by atoms with Crippen molar-refractivity contribution in [3.63, 3.8) is 0 Å². The van der Waals surface area contributed by atoms with Crippen LogP contribution in [0.3, 0.4) is 0 Å². The first-order valence-electron chi connectivity index (χ1n) is 6.06. The Bertz CT molecular complexity index is 685. The maximum absolute atomic E-state index is 4.56. The Morgan fingerprint density at radius 2 is 1.58 bits per heavy atom. The second-order valence-corrected chi connectivity index (χ2v) is 6.13. The number of hydrogen-bond donors (Lipinski definition) is 1. The van der Waals surface area contributed by atoms with Crippen LogP contribution in [0.15, 0.2) is 58.9 Å². The van der Waals surface area contributed by atoms with Crippen LogP contribution in [0, 0.1) is 6.92 Å². The molecule has 0 radical (unpaired) electrons. The molecule has 0 aliphatic carbocycles. The fourth-order valence-electron chi connectivity index (χ4n) is 2.00. The molecule has 1 aromatic heterocycles. The first-order valence-corrected chi connectivity index (χ1v) is 7.32. The van der Waals surface area contributed by atoms with Gasteiger partial charge in [0.05, 0.1) is 10.6 Å². The van der Waals surface area contributed by atoms with E-state index in [1.165, 1.54) is 16.0 Å². The van der Waals surface area contributed by atoms with Crippen LogP contribution in [0.4, 0.5) is 0 Å². The Balaban J connectivity index is 2.15. The smallest absolute Gasteiger partial charge is 0.148 e. The quantitative estimate of drug-likeness (QED) is 0.648. The van der Waals surface area contributed by atoms with E-state index in [9.17, 15) is 0 Å². The van der Waals surface area contributed by atoms with E-state index in [-0.39, 0.29) is 0 Å². The van der Waals surface area contributed by atoms with Crippen molar-refractivity contribution in [3.8, 4) is 21.7 Å². The van der Waals surface area contributed by atoms with Crippen molar-refractivity contribution in [1.29, 1.82) is 0 Å². The van der Waals surface area contributed by atoms with E-state index in [0.29, 0.717) is 0 Å². The summed E-state index contributed by atoms with van der Waals surface area (Å²) in [6.07, 6.45) is 0. The van der Waals surface area contributed by atoms with Gasteiger partial charge in [0.15, 0.2) is 0 Å². The van der Waals surface area contributed by atoms with Crippen LogP contribution in [0.5, 0.6) is 0 Å². The average molecular weight is 283 g/mol. The number of rotatable bonds is 2. The Morgan fingerprint density at radius 3 is 2.26 bits per heavy atom. The molecule has 0 unspecified atom stereocenters. The second-order valence-electron chi connectivity index (χ2n) is 4.41. The lowest BCUT2D eigenvalue weighted by atomic mass is 10.1. The highest BCUT2D eigenvalue weighted by atomic mass is 32.2. The van der Waals surface area contributed by atoms with Gasteiger partial charge in [-0.1, -0.05) is 60.2 Å². The number of hydrogen-bond acceptors (Lipinski definition) is 3. The normalized spacial score (nSPS) is 10.6. The zero-order valence-corrected chi connectivity index (χ0v) is 12.2. The highest BCUT2D eigenvalue weighted by Gasteiger charge is 2.13. The topological polar surface area (TPSA) is 12.9 Å². The minimum absolute atomic E-state index is 0.800. The van der Waals surface area contributed by atoms with E-state index in [0.717, 1.165) is 15.6 Å². The minimum Gasteiger partial charge on any atom is -0.229 e. The molecule has 0 spiro atoms. The predicted molar refractivity (Wildman–Crippen MR) is 85.0 cm³/mol. The maximum atomic E-state index is 4.56. The molecule has 1 nitrogen and oxygen atoms in total. The van der Waals surface area contributed by atoms with Crippen molar-refractivity contribution in [2.75, 3.05) is 0 Å². The maximum Gasteiger partial charge on any atom is 0.148 e. The molecule has 0 amide bonds. The van der Waals surface area contributed by atoms with E-state index in [2.05, 4.69) is 60.9 Å². The molecule has 0 aliphatic rings. The van der Waals surface area contributed by atoms with Gasteiger partial charge in [0.1, 0.15) is 4.34 Å². The Kier molecular flexibility index (Phi) is 3.40. The molecule has 0 atom stereocenters. The number of benzene rings is 2. The monoisotopic (exact) mass is 283 g/mol. The molecule has 2 aromatic carbocycles. The lowest BCUT2D eigenvalue weighted by Crippen LogP contribution is -1.82. The summed E-state index contributed by atoms with van der Waals surface area (Å²) < 4.78 is 0.800. The number of aromatic nitrogens is 1. The summed E-state index contributed by atoms with van der Waals surface area (Å²) in [5.41, 5.74) is 4.61. The fourth-order valence-corrected chi connectivity index (χ4v) is 3.21. The largest absolute Gasteiger partial charge is 0.229 e. The molecule has 94 valence electrons. The summed E-state index contributed by atoms with van der Waals surface area (Å²) in [5.74, 6) is 0. The van der Waals surface area contributed by atoms with Crippen LogP contribution >= 0.6 is 24.0 Å². The van der Waals surface area contributed by atoms with Crippen LogP contribution in [0.2, 0.25) is 0 Å². The zero-order valence-electron chi connectivity index (χ0n) is 10.5. The van der Waals surface area contributed by atoms with Gasteiger partial charge < -0.3 is 0 Å². The lowest BCUT2D eigenvalue weighted by Gasteiger charge is -2.03. The molecule has 19 heavy (non-hydrogen) atoms. The summed E-state index contributed by atoms with van der Waals surface area (Å²) in [7, 11) is 0. The lowest BCUT2D eigenvalue weighted by molar-refractivity contribution is 1.26. The molecular weight excluding hydrogens is 270 g/mol. The van der Waals surface area contributed by atoms with Gasteiger partial charge in [-0.2, -0.15) is 0 Å². The van der Waals surface area contributed by atoms with Gasteiger partial charge in [-0.05, 0) is 12.5 Å². The van der Waals surface area contributed by atoms with E-state index < -0.39 is 0 Å². The van der Waals surface area contributed by atoms with Crippen LogP contribution in [0.1, 0.15) is 5.56 Å². The molecule has 0 bridgehead atoms. The van der Waals surface area contributed by atoms with Gasteiger partial charge >= 0.3 is 0 Å². The zero-order chi connectivity index (χ0) is 13.2. The van der Waals surface area contributed by atoms with Crippen LogP contribution in [0.25, 0.3) is 21.7 Å². The number of thiazole rings is 1. The minimum atomic E-state index is 0.800. The summed E-state index contributed by atoms with van der Waals surface area (Å²) in [5, 5.41) is 0. The molecule has 0 saturated carbocycles. The molecular formula is C16H13NS2. The van der Waals surface area contributed by atoms with Gasteiger partial charge in [0.25, 0.3) is 0 Å². The van der Waals surface area contributed by atoms with Gasteiger partial charge in [-0.15, -0.1) is 24.0 Å². The van der Waals surface area contributed by atoms with Crippen molar-refractivity contribution < 1.29 is 0 Å². The van der Waals surface area contributed by atoms with Crippen LogP contribution in [-0.2, 0) is 0 Å². The van der Waals surface area contributed by atoms with Gasteiger partial charge in [0, 0.05) is 5.56 Å². The molecule has 0 saturated heterocycles.